The van der Waals surface area contributed by atoms with Gasteiger partial charge in [0.25, 0.3) is 0 Å². The number of nitrogens with two attached hydrogens (primary N) is 1. The molecule has 2 aliphatic rings. The molecule has 2 heterocycles. The number of likely N-dealkylation sites (tertiary alicyclic amines) is 1. The summed E-state index contributed by atoms with van der Waals surface area (Å²) in [5.74, 6) is -0.959. The molecule has 2 aromatic rings. The number of piperidine rings is 1. The topological polar surface area (TPSA) is 76.3 Å². The van der Waals surface area contributed by atoms with E-state index in [1.807, 2.05) is 6.07 Å². The van der Waals surface area contributed by atoms with Crippen molar-refractivity contribution < 1.29 is 14.0 Å². The molecule has 5 nitrogen and oxygen atoms in total. The maximum atomic E-state index is 13.9. The SMILES string of the molecule is NC(=O)[C@@]1(c2ccccn2)CCCN(C(=O)C2(c3ccc(F)cc3Cl)CCCC2)C1. The number of benzene rings is 1. The van der Waals surface area contributed by atoms with E-state index in [1.165, 1.54) is 12.1 Å². The molecule has 4 rings (SSSR count). The molecule has 1 saturated carbocycles. The van der Waals surface area contributed by atoms with Crippen molar-refractivity contribution >= 4 is 23.4 Å². The van der Waals surface area contributed by atoms with Gasteiger partial charge in [0, 0.05) is 24.3 Å². The van der Waals surface area contributed by atoms with Crippen LogP contribution < -0.4 is 5.73 Å². The second-order valence-corrected chi connectivity index (χ2v) is 8.81. The summed E-state index contributed by atoms with van der Waals surface area (Å²) < 4.78 is 13.7. The third-order valence-corrected chi connectivity index (χ3v) is 7.03. The van der Waals surface area contributed by atoms with Crippen LogP contribution in [0.15, 0.2) is 42.6 Å². The molecule has 7 heteroatoms. The summed E-state index contributed by atoms with van der Waals surface area (Å²) in [7, 11) is 0. The fraction of sp³-hybridized carbons (Fsp3) is 0.435. The molecule has 1 atom stereocenters. The lowest BCUT2D eigenvalue weighted by Crippen LogP contribution is -2.58. The summed E-state index contributed by atoms with van der Waals surface area (Å²) >= 11 is 6.39. The number of pyridine rings is 1. The van der Waals surface area contributed by atoms with Gasteiger partial charge in [-0.15, -0.1) is 0 Å². The predicted octanol–water partition coefficient (Wildman–Crippen LogP) is 3.73. The fourth-order valence-corrected chi connectivity index (χ4v) is 5.52. The number of nitrogens with zero attached hydrogens (tertiary/aromatic N) is 2. The Morgan fingerprint density at radius 2 is 1.80 bits per heavy atom. The summed E-state index contributed by atoms with van der Waals surface area (Å²) in [6.07, 6.45) is 5.94. The molecule has 0 radical (unpaired) electrons. The van der Waals surface area contributed by atoms with Crippen LogP contribution in [0.3, 0.4) is 0 Å². The van der Waals surface area contributed by atoms with Crippen molar-refractivity contribution in [2.45, 2.75) is 49.4 Å². The molecule has 0 spiro atoms. The number of hydrogen-bond donors (Lipinski definition) is 1. The molecule has 1 aliphatic heterocycles. The van der Waals surface area contributed by atoms with Crippen molar-refractivity contribution in [2.24, 2.45) is 5.73 Å². The number of primary amides is 1. The van der Waals surface area contributed by atoms with Crippen LogP contribution in [0.5, 0.6) is 0 Å². The quantitative estimate of drug-likeness (QED) is 0.804. The maximum absolute atomic E-state index is 13.9. The molecule has 1 saturated heterocycles. The first-order chi connectivity index (χ1) is 14.4. The van der Waals surface area contributed by atoms with Crippen molar-refractivity contribution in [1.82, 2.24) is 9.88 Å². The minimum atomic E-state index is -1.01. The zero-order chi connectivity index (χ0) is 21.4. The number of carbonyl (C=O) groups excluding carboxylic acids is 2. The number of amides is 2. The van der Waals surface area contributed by atoms with Crippen LogP contribution in [0.4, 0.5) is 4.39 Å². The number of rotatable bonds is 4. The molecule has 2 N–H and O–H groups in total. The summed E-state index contributed by atoms with van der Waals surface area (Å²) in [4.78, 5) is 32.6. The first-order valence-corrected chi connectivity index (χ1v) is 10.7. The van der Waals surface area contributed by atoms with E-state index in [9.17, 15) is 14.0 Å². The van der Waals surface area contributed by atoms with Crippen molar-refractivity contribution in [3.8, 4) is 0 Å². The first kappa shape index (κ1) is 20.8. The van der Waals surface area contributed by atoms with Gasteiger partial charge in [0.05, 0.1) is 11.1 Å². The van der Waals surface area contributed by atoms with E-state index in [-0.39, 0.29) is 17.5 Å². The molecule has 0 bridgehead atoms. The van der Waals surface area contributed by atoms with E-state index >= 15 is 0 Å². The number of aromatic nitrogens is 1. The zero-order valence-electron chi connectivity index (χ0n) is 16.7. The number of halogens is 2. The fourth-order valence-electron chi connectivity index (χ4n) is 5.17. The van der Waals surface area contributed by atoms with E-state index in [2.05, 4.69) is 4.98 Å². The van der Waals surface area contributed by atoms with Crippen LogP contribution in [-0.2, 0) is 20.4 Å². The lowest BCUT2D eigenvalue weighted by molar-refractivity contribution is -0.141. The van der Waals surface area contributed by atoms with Gasteiger partial charge in [-0.05, 0) is 55.5 Å². The van der Waals surface area contributed by atoms with Crippen LogP contribution in [0.25, 0.3) is 0 Å². The van der Waals surface area contributed by atoms with Gasteiger partial charge in [0.2, 0.25) is 11.8 Å². The Hall–Kier alpha value is -2.47. The molecule has 30 heavy (non-hydrogen) atoms. The van der Waals surface area contributed by atoms with Gasteiger partial charge < -0.3 is 10.6 Å². The standard InChI is InChI=1S/C23H25ClFN3O2/c24-18-14-16(25)7-8-17(18)22(9-2-3-10-22)21(30)28-13-5-11-23(15-28,20(26)29)19-6-1-4-12-27-19/h1,4,6-8,12,14H,2-3,5,9-11,13,15H2,(H2,26,29)/t23-/m0/s1. The van der Waals surface area contributed by atoms with Crippen LogP contribution in [0.1, 0.15) is 49.8 Å². The van der Waals surface area contributed by atoms with Crippen molar-refractivity contribution in [3.63, 3.8) is 0 Å². The molecule has 1 aromatic heterocycles. The van der Waals surface area contributed by atoms with E-state index < -0.39 is 22.6 Å². The van der Waals surface area contributed by atoms with Crippen LogP contribution >= 0.6 is 11.6 Å². The second kappa shape index (κ2) is 7.99. The Labute approximate surface area is 180 Å². The summed E-state index contributed by atoms with van der Waals surface area (Å²) in [6, 6.07) is 9.65. The third-order valence-electron chi connectivity index (χ3n) is 6.72. The van der Waals surface area contributed by atoms with Gasteiger partial charge >= 0.3 is 0 Å². The molecule has 2 amide bonds. The summed E-state index contributed by atoms with van der Waals surface area (Å²) in [6.45, 7) is 0.736. The Balaban J connectivity index is 1.71. The highest BCUT2D eigenvalue weighted by atomic mass is 35.5. The molecular formula is C23H25ClFN3O2. The van der Waals surface area contributed by atoms with E-state index in [0.717, 1.165) is 12.8 Å². The zero-order valence-corrected chi connectivity index (χ0v) is 17.5. The van der Waals surface area contributed by atoms with E-state index in [4.69, 9.17) is 17.3 Å². The molecule has 1 aliphatic carbocycles. The van der Waals surface area contributed by atoms with E-state index in [1.54, 1.807) is 29.3 Å². The minimum Gasteiger partial charge on any atom is -0.369 e. The highest BCUT2D eigenvalue weighted by molar-refractivity contribution is 6.31. The van der Waals surface area contributed by atoms with Crippen molar-refractivity contribution in [3.05, 3.63) is 64.7 Å². The minimum absolute atomic E-state index is 0.0604. The average molecular weight is 430 g/mol. The van der Waals surface area contributed by atoms with Gasteiger partial charge in [-0.1, -0.05) is 36.6 Å². The first-order valence-electron chi connectivity index (χ1n) is 10.4. The second-order valence-electron chi connectivity index (χ2n) is 8.40. The highest BCUT2D eigenvalue weighted by Crippen LogP contribution is 2.46. The predicted molar refractivity (Wildman–Crippen MR) is 112 cm³/mol. The van der Waals surface area contributed by atoms with Gasteiger partial charge in [-0.2, -0.15) is 0 Å². The highest BCUT2D eigenvalue weighted by Gasteiger charge is 2.51. The molecule has 2 fully saturated rings. The van der Waals surface area contributed by atoms with Crippen molar-refractivity contribution in [1.29, 1.82) is 0 Å². The summed E-state index contributed by atoms with van der Waals surface area (Å²) in [5.41, 5.74) is 5.31. The lowest BCUT2D eigenvalue weighted by Gasteiger charge is -2.44. The van der Waals surface area contributed by atoms with Crippen LogP contribution in [0, 0.1) is 5.82 Å². The largest absolute Gasteiger partial charge is 0.369 e. The Morgan fingerprint density at radius 1 is 1.07 bits per heavy atom. The van der Waals surface area contributed by atoms with Gasteiger partial charge in [-0.3, -0.25) is 14.6 Å². The van der Waals surface area contributed by atoms with Crippen LogP contribution in [-0.4, -0.2) is 34.8 Å². The number of carbonyl (C=O) groups is 2. The molecule has 1 aromatic carbocycles. The number of hydrogen-bond acceptors (Lipinski definition) is 3. The van der Waals surface area contributed by atoms with Gasteiger partial charge in [0.15, 0.2) is 0 Å². The Bertz CT molecular complexity index is 962. The Kier molecular flexibility index (Phi) is 5.53. The van der Waals surface area contributed by atoms with Gasteiger partial charge in [0.1, 0.15) is 11.2 Å². The maximum Gasteiger partial charge on any atom is 0.233 e. The molecule has 0 unspecified atom stereocenters. The van der Waals surface area contributed by atoms with Gasteiger partial charge in [-0.25, -0.2) is 4.39 Å². The summed E-state index contributed by atoms with van der Waals surface area (Å²) in [5, 5.41) is 0.271. The van der Waals surface area contributed by atoms with E-state index in [0.29, 0.717) is 43.5 Å². The average Bonchev–Trinajstić information content (AvgIpc) is 3.24. The lowest BCUT2D eigenvalue weighted by atomic mass is 9.73. The third kappa shape index (κ3) is 3.37. The molecule has 158 valence electrons. The molecular weight excluding hydrogens is 405 g/mol. The smallest absolute Gasteiger partial charge is 0.233 e. The normalized spacial score (nSPS) is 23.3. The van der Waals surface area contributed by atoms with Crippen molar-refractivity contribution in [2.75, 3.05) is 13.1 Å². The monoisotopic (exact) mass is 429 g/mol. The van der Waals surface area contributed by atoms with Crippen LogP contribution in [0.2, 0.25) is 5.02 Å². The Morgan fingerprint density at radius 3 is 2.43 bits per heavy atom.